The van der Waals surface area contributed by atoms with Crippen LogP contribution in [0.1, 0.15) is 43.4 Å². The number of para-hydroxylation sites is 1. The third-order valence-corrected chi connectivity index (χ3v) is 4.43. The van der Waals surface area contributed by atoms with E-state index in [1.165, 1.54) is 36.1 Å². The van der Waals surface area contributed by atoms with E-state index in [9.17, 15) is 0 Å². The molecule has 0 spiro atoms. The van der Waals surface area contributed by atoms with Gasteiger partial charge in [0.1, 0.15) is 0 Å². The fourth-order valence-corrected chi connectivity index (χ4v) is 3.33. The molecular weight excluding hydrogens is 268 g/mol. The maximum Gasteiger partial charge on any atom is 0.0429 e. The Morgan fingerprint density at radius 2 is 1.82 bits per heavy atom. The zero-order valence-electron chi connectivity index (χ0n) is 13.5. The number of benzene rings is 2. The van der Waals surface area contributed by atoms with Gasteiger partial charge in [0.05, 0.1) is 0 Å². The molecule has 0 bridgehead atoms. The molecule has 1 atom stereocenters. The molecule has 0 fully saturated rings. The molecule has 0 amide bonds. The Kier molecular flexibility index (Phi) is 5.12. The summed E-state index contributed by atoms with van der Waals surface area (Å²) < 4.78 is 0. The van der Waals surface area contributed by atoms with Crippen LogP contribution in [0.2, 0.25) is 0 Å². The Labute approximate surface area is 134 Å². The number of nitrogens with one attached hydrogen (secondary N) is 1. The van der Waals surface area contributed by atoms with Gasteiger partial charge in [0.15, 0.2) is 0 Å². The minimum Gasteiger partial charge on any atom is -0.367 e. The van der Waals surface area contributed by atoms with Crippen molar-refractivity contribution in [3.8, 4) is 0 Å². The molecule has 0 aliphatic carbocycles. The zero-order valence-corrected chi connectivity index (χ0v) is 13.5. The molecular formula is C20H26N2. The largest absolute Gasteiger partial charge is 0.367 e. The minimum atomic E-state index is 0.497. The first-order valence-electron chi connectivity index (χ1n) is 8.49. The minimum absolute atomic E-state index is 0.497. The van der Waals surface area contributed by atoms with Gasteiger partial charge in [0, 0.05) is 24.8 Å². The first kappa shape index (κ1) is 15.1. The number of hydrogen-bond acceptors (Lipinski definition) is 2. The van der Waals surface area contributed by atoms with E-state index in [2.05, 4.69) is 71.7 Å². The third kappa shape index (κ3) is 3.50. The van der Waals surface area contributed by atoms with Crippen LogP contribution in [0.5, 0.6) is 0 Å². The van der Waals surface area contributed by atoms with E-state index in [0.717, 1.165) is 19.6 Å². The van der Waals surface area contributed by atoms with E-state index in [0.29, 0.717) is 6.04 Å². The molecule has 2 aromatic carbocycles. The lowest BCUT2D eigenvalue weighted by molar-refractivity contribution is 0.495. The first-order valence-corrected chi connectivity index (χ1v) is 8.49. The van der Waals surface area contributed by atoms with Crippen molar-refractivity contribution in [1.82, 2.24) is 5.32 Å². The molecule has 0 saturated carbocycles. The van der Waals surface area contributed by atoms with E-state index in [4.69, 9.17) is 0 Å². The van der Waals surface area contributed by atoms with Crippen molar-refractivity contribution < 1.29 is 0 Å². The number of nitrogens with zero attached hydrogens (tertiary/aromatic N) is 1. The van der Waals surface area contributed by atoms with Gasteiger partial charge in [-0.25, -0.2) is 0 Å². The highest BCUT2D eigenvalue weighted by Gasteiger charge is 2.22. The first-order chi connectivity index (χ1) is 10.9. The predicted molar refractivity (Wildman–Crippen MR) is 94.2 cm³/mol. The van der Waals surface area contributed by atoms with Crippen molar-refractivity contribution in [2.45, 2.75) is 38.8 Å². The average Bonchev–Trinajstić information content (AvgIpc) is 2.74. The predicted octanol–water partition coefficient (Wildman–Crippen LogP) is 4.53. The van der Waals surface area contributed by atoms with Gasteiger partial charge in [-0.15, -0.1) is 0 Å². The molecule has 2 heteroatoms. The monoisotopic (exact) mass is 294 g/mol. The van der Waals surface area contributed by atoms with E-state index < -0.39 is 0 Å². The third-order valence-electron chi connectivity index (χ3n) is 4.43. The number of hydrogen-bond donors (Lipinski definition) is 1. The standard InChI is InChI=1S/C20H26N2/c1-2-14-21-19-12-8-15-22(16-17-9-4-3-5-10-17)20-13-7-6-11-18(19)20/h3-7,9-11,13,19,21H,2,8,12,14-16H2,1H3. The van der Waals surface area contributed by atoms with Crippen LogP contribution in [-0.2, 0) is 6.54 Å². The van der Waals surface area contributed by atoms with Crippen LogP contribution < -0.4 is 10.2 Å². The van der Waals surface area contributed by atoms with Crippen LogP contribution >= 0.6 is 0 Å². The fourth-order valence-electron chi connectivity index (χ4n) is 3.33. The van der Waals surface area contributed by atoms with E-state index >= 15 is 0 Å². The molecule has 2 aromatic rings. The quantitative estimate of drug-likeness (QED) is 0.871. The Balaban J connectivity index is 1.85. The highest BCUT2D eigenvalue weighted by atomic mass is 15.1. The molecule has 3 rings (SSSR count). The lowest BCUT2D eigenvalue weighted by Gasteiger charge is -2.26. The lowest BCUT2D eigenvalue weighted by atomic mass is 10.0. The van der Waals surface area contributed by atoms with Crippen molar-refractivity contribution in [2.75, 3.05) is 18.0 Å². The Bertz CT molecular complexity index is 579. The molecule has 1 unspecified atom stereocenters. The molecule has 0 saturated heterocycles. The average molecular weight is 294 g/mol. The van der Waals surface area contributed by atoms with Crippen molar-refractivity contribution in [2.24, 2.45) is 0 Å². The summed E-state index contributed by atoms with van der Waals surface area (Å²) in [4.78, 5) is 2.54. The van der Waals surface area contributed by atoms with Crippen LogP contribution in [0, 0.1) is 0 Å². The van der Waals surface area contributed by atoms with Crippen molar-refractivity contribution in [3.05, 3.63) is 65.7 Å². The second kappa shape index (κ2) is 7.46. The zero-order chi connectivity index (χ0) is 15.2. The maximum atomic E-state index is 3.73. The lowest BCUT2D eigenvalue weighted by Crippen LogP contribution is -2.24. The second-order valence-corrected chi connectivity index (χ2v) is 6.11. The van der Waals surface area contributed by atoms with Gasteiger partial charge in [0.2, 0.25) is 0 Å². The topological polar surface area (TPSA) is 15.3 Å². The molecule has 1 aliphatic heterocycles. The number of rotatable bonds is 5. The summed E-state index contributed by atoms with van der Waals surface area (Å²) >= 11 is 0. The van der Waals surface area contributed by atoms with Crippen LogP contribution in [0.15, 0.2) is 54.6 Å². The second-order valence-electron chi connectivity index (χ2n) is 6.11. The van der Waals surface area contributed by atoms with Gasteiger partial charge in [0.25, 0.3) is 0 Å². The highest BCUT2D eigenvalue weighted by molar-refractivity contribution is 5.56. The van der Waals surface area contributed by atoms with Crippen LogP contribution in [0.4, 0.5) is 5.69 Å². The Hall–Kier alpha value is -1.80. The van der Waals surface area contributed by atoms with Gasteiger partial charge in [-0.2, -0.15) is 0 Å². The van der Waals surface area contributed by atoms with E-state index in [1.54, 1.807) is 0 Å². The molecule has 0 aromatic heterocycles. The smallest absolute Gasteiger partial charge is 0.0429 e. The molecule has 1 heterocycles. The summed E-state index contributed by atoms with van der Waals surface area (Å²) in [6, 6.07) is 20.2. The van der Waals surface area contributed by atoms with Gasteiger partial charge in [-0.1, -0.05) is 55.5 Å². The summed E-state index contributed by atoms with van der Waals surface area (Å²) in [6.07, 6.45) is 3.65. The summed E-state index contributed by atoms with van der Waals surface area (Å²) in [5.74, 6) is 0. The van der Waals surface area contributed by atoms with Crippen molar-refractivity contribution in [3.63, 3.8) is 0 Å². The van der Waals surface area contributed by atoms with Gasteiger partial charge in [-0.05, 0) is 43.0 Å². The van der Waals surface area contributed by atoms with Gasteiger partial charge >= 0.3 is 0 Å². The van der Waals surface area contributed by atoms with Gasteiger partial charge < -0.3 is 10.2 Å². The summed E-state index contributed by atoms with van der Waals surface area (Å²) in [5, 5.41) is 3.73. The van der Waals surface area contributed by atoms with Crippen LogP contribution in [0.25, 0.3) is 0 Å². The van der Waals surface area contributed by atoms with Crippen molar-refractivity contribution >= 4 is 5.69 Å². The van der Waals surface area contributed by atoms with E-state index in [-0.39, 0.29) is 0 Å². The van der Waals surface area contributed by atoms with E-state index in [1.807, 2.05) is 0 Å². The molecule has 2 nitrogen and oxygen atoms in total. The van der Waals surface area contributed by atoms with Crippen molar-refractivity contribution in [1.29, 1.82) is 0 Å². The highest BCUT2D eigenvalue weighted by Crippen LogP contribution is 2.33. The molecule has 1 N–H and O–H groups in total. The number of fused-ring (bicyclic) bond motifs is 1. The van der Waals surface area contributed by atoms with Gasteiger partial charge in [-0.3, -0.25) is 0 Å². The fraction of sp³-hybridized carbons (Fsp3) is 0.400. The Morgan fingerprint density at radius 1 is 1.05 bits per heavy atom. The van der Waals surface area contributed by atoms with Crippen LogP contribution in [0.3, 0.4) is 0 Å². The molecule has 22 heavy (non-hydrogen) atoms. The molecule has 0 radical (unpaired) electrons. The molecule has 116 valence electrons. The maximum absolute atomic E-state index is 3.73. The Morgan fingerprint density at radius 3 is 2.64 bits per heavy atom. The summed E-state index contributed by atoms with van der Waals surface area (Å²) in [7, 11) is 0. The molecule has 1 aliphatic rings. The summed E-state index contributed by atoms with van der Waals surface area (Å²) in [6.45, 7) is 5.46. The number of anilines is 1. The summed E-state index contributed by atoms with van der Waals surface area (Å²) in [5.41, 5.74) is 4.25. The SMILES string of the molecule is CCCNC1CCCN(Cc2ccccc2)c2ccccc21. The van der Waals surface area contributed by atoms with Crippen LogP contribution in [-0.4, -0.2) is 13.1 Å². The normalized spacial score (nSPS) is 17.9.